The second kappa shape index (κ2) is 16.5. The van der Waals surface area contributed by atoms with Gasteiger partial charge < -0.3 is 49.5 Å². The minimum Gasteiger partial charge on any atom is -0.507 e. The molecule has 324 valence electrons. The Bertz CT molecular complexity index is 2710. The van der Waals surface area contributed by atoms with E-state index in [0.717, 1.165) is 5.56 Å². The van der Waals surface area contributed by atoms with Crippen LogP contribution in [0.5, 0.6) is 23.0 Å². The second-order valence-corrected chi connectivity index (χ2v) is 16.3. The number of aromatic hydroxyl groups is 2. The third-order valence-corrected chi connectivity index (χ3v) is 11.9. The van der Waals surface area contributed by atoms with Crippen molar-refractivity contribution in [1.82, 2.24) is 9.99 Å². The molecule has 3 aliphatic rings. The maximum Gasteiger partial charge on any atom is 0.420 e. The molecule has 1 amide bonds. The van der Waals surface area contributed by atoms with Crippen molar-refractivity contribution in [3.05, 3.63) is 116 Å². The number of oxazole rings is 1. The Morgan fingerprint density at radius 1 is 1.03 bits per heavy atom. The molecule has 7 N–H and O–H groups in total. The lowest BCUT2D eigenvalue weighted by Gasteiger charge is -2.43. The van der Waals surface area contributed by atoms with Crippen LogP contribution in [0.25, 0.3) is 11.1 Å². The van der Waals surface area contributed by atoms with Gasteiger partial charge in [-0.15, -0.1) is 0 Å². The quantitative estimate of drug-likeness (QED) is 0.0806. The normalized spacial score (nSPS) is 23.4. The molecule has 5 aromatic rings. The highest BCUT2D eigenvalue weighted by atomic mass is 16.7. The van der Waals surface area contributed by atoms with E-state index in [1.165, 1.54) is 35.9 Å². The molecular weight excluding hydrogens is 805 g/mol. The number of hydrogen-bond acceptors (Lipinski definition) is 15. The minimum absolute atomic E-state index is 0.00457. The van der Waals surface area contributed by atoms with Crippen LogP contribution in [-0.4, -0.2) is 93.0 Å². The number of aryl methyl sites for hydroxylation is 1. The molecule has 8 rings (SSSR count). The second-order valence-electron chi connectivity index (χ2n) is 16.3. The van der Waals surface area contributed by atoms with Gasteiger partial charge >= 0.3 is 5.76 Å². The summed E-state index contributed by atoms with van der Waals surface area (Å²) in [4.78, 5) is 53.6. The van der Waals surface area contributed by atoms with Crippen LogP contribution >= 0.6 is 0 Å². The van der Waals surface area contributed by atoms with Crippen LogP contribution in [0.1, 0.15) is 86.9 Å². The number of methoxy groups -OCH3 is 1. The summed E-state index contributed by atoms with van der Waals surface area (Å²) in [6.45, 7) is 4.24. The number of nitrogens with two attached hydrogens (primary N) is 1. The maximum atomic E-state index is 14.1. The Morgan fingerprint density at radius 3 is 2.55 bits per heavy atom. The Labute approximate surface area is 354 Å². The van der Waals surface area contributed by atoms with Gasteiger partial charge in [-0.1, -0.05) is 31.2 Å². The lowest BCUT2D eigenvalue weighted by molar-refractivity contribution is -0.244. The summed E-state index contributed by atoms with van der Waals surface area (Å²) in [7, 11) is 1.38. The van der Waals surface area contributed by atoms with Crippen LogP contribution in [0.4, 0.5) is 0 Å². The number of aliphatic hydroxyl groups excluding tert-OH is 2. The van der Waals surface area contributed by atoms with Crippen LogP contribution in [0, 0.1) is 12.3 Å². The highest BCUT2D eigenvalue weighted by Gasteiger charge is 2.46. The topological polar surface area (TPSA) is 255 Å². The summed E-state index contributed by atoms with van der Waals surface area (Å²) >= 11 is 0. The first-order valence-electron chi connectivity index (χ1n) is 20.0. The number of hydrazone groups is 1. The van der Waals surface area contributed by atoms with E-state index in [0.29, 0.717) is 22.2 Å². The summed E-state index contributed by atoms with van der Waals surface area (Å²) in [5.41, 5.74) is 10.8. The first kappa shape index (κ1) is 42.3. The Morgan fingerprint density at radius 2 is 1.82 bits per heavy atom. The molecule has 17 nitrogen and oxygen atoms in total. The van der Waals surface area contributed by atoms with E-state index < -0.39 is 78.3 Å². The fourth-order valence-corrected chi connectivity index (χ4v) is 8.70. The van der Waals surface area contributed by atoms with E-state index in [1.54, 1.807) is 38.1 Å². The van der Waals surface area contributed by atoms with Gasteiger partial charge in [-0.25, -0.2) is 10.2 Å². The average molecular weight is 851 g/mol. The number of ether oxygens (including phenoxy) is 4. The third-order valence-electron chi connectivity index (χ3n) is 11.9. The molecule has 1 saturated heterocycles. The largest absolute Gasteiger partial charge is 0.507 e. The molecule has 0 spiro atoms. The highest BCUT2D eigenvalue weighted by molar-refractivity contribution is 6.30. The van der Waals surface area contributed by atoms with Crippen LogP contribution in [-0.2, 0) is 27.2 Å². The Kier molecular flexibility index (Phi) is 11.3. The van der Waals surface area contributed by atoms with E-state index in [4.69, 9.17) is 29.1 Å². The predicted molar refractivity (Wildman–Crippen MR) is 222 cm³/mol. The first-order chi connectivity index (χ1) is 29.6. The van der Waals surface area contributed by atoms with E-state index in [1.807, 2.05) is 19.1 Å². The van der Waals surface area contributed by atoms with Crippen molar-refractivity contribution in [3.8, 4) is 23.0 Å². The number of carbonyl (C=O) groups excluding carboxylic acids is 3. The van der Waals surface area contributed by atoms with Gasteiger partial charge in [0.1, 0.15) is 11.5 Å². The number of nitrogens with zero attached hydrogens (tertiary/aromatic N) is 2. The Balaban J connectivity index is 1.03. The fourth-order valence-electron chi connectivity index (χ4n) is 8.70. The number of phenols is 2. The number of fused-ring (bicyclic) bond motifs is 4. The molecule has 17 heteroatoms. The lowest BCUT2D eigenvalue weighted by Crippen LogP contribution is -2.52. The maximum absolute atomic E-state index is 14.1. The molecule has 1 aliphatic heterocycles. The van der Waals surface area contributed by atoms with Crippen molar-refractivity contribution in [2.75, 3.05) is 20.3 Å². The van der Waals surface area contributed by atoms with Crippen molar-refractivity contribution < 1.29 is 58.2 Å². The number of benzene rings is 4. The van der Waals surface area contributed by atoms with E-state index in [2.05, 4.69) is 10.5 Å². The molecular formula is C45H46N4O13. The zero-order chi connectivity index (χ0) is 44.2. The number of ketones is 2. The van der Waals surface area contributed by atoms with Crippen molar-refractivity contribution in [2.45, 2.75) is 77.2 Å². The van der Waals surface area contributed by atoms with Gasteiger partial charge in [0.25, 0.3) is 5.91 Å². The van der Waals surface area contributed by atoms with E-state index >= 15 is 0 Å². The molecule has 0 saturated carbocycles. The zero-order valence-corrected chi connectivity index (χ0v) is 34.3. The number of aliphatic hydroxyl groups is 2. The summed E-state index contributed by atoms with van der Waals surface area (Å²) in [6.07, 6.45) is -3.39. The minimum atomic E-state index is -1.08. The van der Waals surface area contributed by atoms with Crippen molar-refractivity contribution in [2.24, 2.45) is 16.3 Å². The molecule has 1 fully saturated rings. The van der Waals surface area contributed by atoms with Crippen LogP contribution in [0.2, 0.25) is 0 Å². The summed E-state index contributed by atoms with van der Waals surface area (Å²) in [5, 5.41) is 48.2. The van der Waals surface area contributed by atoms with Crippen molar-refractivity contribution in [3.63, 3.8) is 0 Å². The standard InChI is InChI=1S/C45H46N4O13/c1-21-8-10-30-28(12-21)49(44(57)62-30)18-23-9-11-31(29(51)13-23)59-20-35(52)48-47-34(19-50)45(3)16-24-14-26-39(43(56)38-25(41(26)54)6-5-7-32(38)58-4)42(55)37(24)33(17-45)61-36-15-27(46)40(53)22(2)60-36/h5-14,22,27,33,36,40,50-51,53,55H,15-20,46H2,1-4H3,(H,48,52)/b47-34+/t22-,27-,33-,36+,40+,45+/m0/s1. The molecule has 0 unspecified atom stereocenters. The molecule has 4 aromatic carbocycles. The fraction of sp³-hybridized carbons (Fsp3) is 0.356. The molecule has 6 atom stereocenters. The SMILES string of the molecule is COc1cccc2c1C(=O)c1c(cc3c(c1O)[C@@H](O[C@@H]1C[C@H](N)[C@H](O)[C@H](C)O1)C[C@](C)(/C(CO)=N/NC(=O)COc1ccc(Cn4c(=O)oc5ccc(C)cc54)cc1O)C3)C2=O. The monoisotopic (exact) mass is 850 g/mol. The summed E-state index contributed by atoms with van der Waals surface area (Å²) in [6, 6.07) is 15.4. The highest BCUT2D eigenvalue weighted by Crippen LogP contribution is 2.51. The molecule has 0 radical (unpaired) electrons. The number of carbonyl (C=O) groups is 3. The smallest absolute Gasteiger partial charge is 0.420 e. The molecule has 62 heavy (non-hydrogen) atoms. The number of hydrogen-bond donors (Lipinski definition) is 6. The lowest BCUT2D eigenvalue weighted by atomic mass is 9.67. The van der Waals surface area contributed by atoms with Gasteiger partial charge in [0.2, 0.25) is 5.78 Å². The molecule has 1 aromatic heterocycles. The van der Waals surface area contributed by atoms with Gasteiger partial charge in [0.05, 0.1) is 60.9 Å². The van der Waals surface area contributed by atoms with Gasteiger partial charge in [0, 0.05) is 34.6 Å². The Hall–Kier alpha value is -6.37. The number of phenolic OH excluding ortho intramolecular Hbond substituents is 2. The van der Waals surface area contributed by atoms with Crippen LogP contribution in [0.3, 0.4) is 0 Å². The van der Waals surface area contributed by atoms with Gasteiger partial charge in [0.15, 0.2) is 35.8 Å². The average Bonchev–Trinajstić information content (AvgIpc) is 3.53. The van der Waals surface area contributed by atoms with Crippen molar-refractivity contribution >= 4 is 34.3 Å². The number of nitrogens with one attached hydrogen (secondary N) is 1. The molecule has 2 heterocycles. The third kappa shape index (κ3) is 7.62. The summed E-state index contributed by atoms with van der Waals surface area (Å²) < 4.78 is 30.2. The number of aromatic nitrogens is 1. The number of rotatable bonds is 11. The first-order valence-corrected chi connectivity index (χ1v) is 20.0. The number of amides is 1. The van der Waals surface area contributed by atoms with Crippen molar-refractivity contribution in [1.29, 1.82) is 0 Å². The van der Waals surface area contributed by atoms with E-state index in [-0.39, 0.29) is 76.6 Å². The van der Waals surface area contributed by atoms with Gasteiger partial charge in [-0.2, -0.15) is 5.10 Å². The molecule has 0 bridgehead atoms. The van der Waals surface area contributed by atoms with Crippen LogP contribution in [0.15, 0.2) is 75.0 Å². The predicted octanol–water partition coefficient (Wildman–Crippen LogP) is 3.52. The van der Waals surface area contributed by atoms with Gasteiger partial charge in [-0.05, 0) is 79.8 Å². The molecule has 2 aliphatic carbocycles. The van der Waals surface area contributed by atoms with Gasteiger partial charge in [-0.3, -0.25) is 19.0 Å². The summed E-state index contributed by atoms with van der Waals surface area (Å²) in [5.74, 6) is -2.92. The van der Waals surface area contributed by atoms with E-state index in [9.17, 15) is 39.6 Å². The van der Waals surface area contributed by atoms with Crippen LogP contribution < -0.4 is 26.4 Å². The zero-order valence-electron chi connectivity index (χ0n) is 34.3.